The van der Waals surface area contributed by atoms with E-state index in [1.807, 2.05) is 43.3 Å². The van der Waals surface area contributed by atoms with E-state index in [4.69, 9.17) is 5.73 Å². The molecule has 0 aliphatic carbocycles. The maximum absolute atomic E-state index is 5.72. The lowest BCUT2D eigenvalue weighted by atomic mass is 10.1. The first-order valence-corrected chi connectivity index (χ1v) is 6.22. The third kappa shape index (κ3) is 3.42. The van der Waals surface area contributed by atoms with E-state index in [1.165, 1.54) is 5.56 Å². The van der Waals surface area contributed by atoms with Crippen LogP contribution in [-0.4, -0.2) is 24.1 Å². The molecule has 0 fully saturated rings. The second kappa shape index (κ2) is 6.15. The van der Waals surface area contributed by atoms with E-state index in [0.29, 0.717) is 19.0 Å². The summed E-state index contributed by atoms with van der Waals surface area (Å²) in [6.45, 7) is 1.25. The Hall–Kier alpha value is -2.14. The van der Waals surface area contributed by atoms with E-state index in [0.717, 1.165) is 11.4 Å². The molecule has 19 heavy (non-hydrogen) atoms. The number of nitrogens with zero attached hydrogens (tertiary/aromatic N) is 3. The molecule has 1 aromatic carbocycles. The standard InChI is InChI=1S/C14H19N5/c1-19(2)14-16-8-7-13(18-14)17-10-12-6-4-3-5-11(12)9-15/h3-8H,9-10,15H2,1-2H3,(H,16,17,18). The van der Waals surface area contributed by atoms with E-state index in [-0.39, 0.29) is 0 Å². The van der Waals surface area contributed by atoms with Gasteiger partial charge in [0.2, 0.25) is 5.95 Å². The van der Waals surface area contributed by atoms with Gasteiger partial charge >= 0.3 is 0 Å². The van der Waals surface area contributed by atoms with Crippen LogP contribution in [0.2, 0.25) is 0 Å². The largest absolute Gasteiger partial charge is 0.366 e. The summed E-state index contributed by atoms with van der Waals surface area (Å²) in [7, 11) is 3.84. The van der Waals surface area contributed by atoms with Crippen LogP contribution in [0, 0.1) is 0 Å². The molecule has 0 saturated carbocycles. The molecule has 0 unspecified atom stereocenters. The minimum absolute atomic E-state index is 0.546. The average molecular weight is 257 g/mol. The Kier molecular flexibility index (Phi) is 4.30. The highest BCUT2D eigenvalue weighted by Gasteiger charge is 2.03. The lowest BCUT2D eigenvalue weighted by Crippen LogP contribution is -2.14. The van der Waals surface area contributed by atoms with Gasteiger partial charge in [-0.05, 0) is 17.2 Å². The van der Waals surface area contributed by atoms with E-state index in [9.17, 15) is 0 Å². The summed E-state index contributed by atoms with van der Waals surface area (Å²) < 4.78 is 0. The second-order valence-corrected chi connectivity index (χ2v) is 4.46. The summed E-state index contributed by atoms with van der Waals surface area (Å²) in [5.41, 5.74) is 8.06. The highest BCUT2D eigenvalue weighted by Crippen LogP contribution is 2.12. The summed E-state index contributed by atoms with van der Waals surface area (Å²) in [4.78, 5) is 10.5. The van der Waals surface area contributed by atoms with Gasteiger partial charge in [-0.3, -0.25) is 0 Å². The molecule has 1 aromatic heterocycles. The maximum Gasteiger partial charge on any atom is 0.226 e. The van der Waals surface area contributed by atoms with Gasteiger partial charge in [-0.1, -0.05) is 24.3 Å². The second-order valence-electron chi connectivity index (χ2n) is 4.46. The van der Waals surface area contributed by atoms with Crippen LogP contribution in [0.3, 0.4) is 0 Å². The number of nitrogens with two attached hydrogens (primary N) is 1. The van der Waals surface area contributed by atoms with Crippen molar-refractivity contribution in [1.82, 2.24) is 9.97 Å². The van der Waals surface area contributed by atoms with Crippen molar-refractivity contribution in [2.24, 2.45) is 5.73 Å². The number of hydrogen-bond acceptors (Lipinski definition) is 5. The van der Waals surface area contributed by atoms with Crippen molar-refractivity contribution in [3.8, 4) is 0 Å². The van der Waals surface area contributed by atoms with Crippen LogP contribution < -0.4 is 16.0 Å². The highest BCUT2D eigenvalue weighted by molar-refractivity contribution is 5.41. The van der Waals surface area contributed by atoms with Gasteiger partial charge in [0.25, 0.3) is 0 Å². The van der Waals surface area contributed by atoms with Gasteiger partial charge < -0.3 is 16.0 Å². The lowest BCUT2D eigenvalue weighted by Gasteiger charge is -2.13. The molecular weight excluding hydrogens is 238 g/mol. The van der Waals surface area contributed by atoms with Crippen molar-refractivity contribution in [3.05, 3.63) is 47.7 Å². The SMILES string of the molecule is CN(C)c1nccc(NCc2ccccc2CN)n1. The first kappa shape index (κ1) is 13.3. The molecule has 0 bridgehead atoms. The van der Waals surface area contributed by atoms with Crippen LogP contribution in [0.5, 0.6) is 0 Å². The Morgan fingerprint density at radius 3 is 2.58 bits per heavy atom. The Morgan fingerprint density at radius 2 is 1.89 bits per heavy atom. The Bertz CT molecular complexity index is 539. The third-order valence-electron chi connectivity index (χ3n) is 2.84. The smallest absolute Gasteiger partial charge is 0.226 e. The third-order valence-corrected chi connectivity index (χ3v) is 2.84. The zero-order valence-electron chi connectivity index (χ0n) is 11.3. The van der Waals surface area contributed by atoms with Crippen LogP contribution in [0.25, 0.3) is 0 Å². The summed E-state index contributed by atoms with van der Waals surface area (Å²) >= 11 is 0. The Labute approximate surface area is 113 Å². The van der Waals surface area contributed by atoms with E-state index < -0.39 is 0 Å². The quantitative estimate of drug-likeness (QED) is 0.852. The van der Waals surface area contributed by atoms with Gasteiger partial charge in [-0.25, -0.2) is 4.98 Å². The van der Waals surface area contributed by atoms with Crippen LogP contribution in [0.1, 0.15) is 11.1 Å². The Balaban J connectivity index is 2.08. The molecule has 5 nitrogen and oxygen atoms in total. The number of hydrogen-bond donors (Lipinski definition) is 2. The Morgan fingerprint density at radius 1 is 1.16 bits per heavy atom. The number of benzene rings is 1. The van der Waals surface area contributed by atoms with Crippen molar-refractivity contribution in [3.63, 3.8) is 0 Å². The predicted molar refractivity (Wildman–Crippen MR) is 78.0 cm³/mol. The zero-order chi connectivity index (χ0) is 13.7. The number of rotatable bonds is 5. The lowest BCUT2D eigenvalue weighted by molar-refractivity contribution is 0.974. The number of anilines is 2. The van der Waals surface area contributed by atoms with Gasteiger partial charge in [0.05, 0.1) is 0 Å². The fourth-order valence-electron chi connectivity index (χ4n) is 1.78. The van der Waals surface area contributed by atoms with Crippen LogP contribution >= 0.6 is 0 Å². The fraction of sp³-hybridized carbons (Fsp3) is 0.286. The van der Waals surface area contributed by atoms with Gasteiger partial charge in [0, 0.05) is 33.4 Å². The molecule has 0 aliphatic rings. The van der Waals surface area contributed by atoms with E-state index in [1.54, 1.807) is 6.20 Å². The van der Waals surface area contributed by atoms with Crippen molar-refractivity contribution < 1.29 is 0 Å². The molecule has 2 aromatic rings. The summed E-state index contributed by atoms with van der Waals surface area (Å²) in [5.74, 6) is 1.50. The summed E-state index contributed by atoms with van der Waals surface area (Å²) in [5, 5.41) is 3.30. The maximum atomic E-state index is 5.72. The number of nitrogens with one attached hydrogen (secondary N) is 1. The van der Waals surface area contributed by atoms with E-state index >= 15 is 0 Å². The molecule has 0 atom stereocenters. The molecule has 0 aliphatic heterocycles. The minimum atomic E-state index is 0.546. The topological polar surface area (TPSA) is 67.1 Å². The monoisotopic (exact) mass is 257 g/mol. The molecular formula is C14H19N5. The zero-order valence-corrected chi connectivity index (χ0v) is 11.3. The normalized spacial score (nSPS) is 10.3. The summed E-state index contributed by atoms with van der Waals surface area (Å²) in [6.07, 6.45) is 1.75. The van der Waals surface area contributed by atoms with Crippen molar-refractivity contribution >= 4 is 11.8 Å². The molecule has 0 spiro atoms. The van der Waals surface area contributed by atoms with Crippen molar-refractivity contribution in [2.45, 2.75) is 13.1 Å². The molecule has 2 rings (SSSR count). The van der Waals surface area contributed by atoms with Gasteiger partial charge in [0.1, 0.15) is 5.82 Å². The first-order chi connectivity index (χ1) is 9.20. The number of aromatic nitrogens is 2. The molecule has 1 heterocycles. The molecule has 0 saturated heterocycles. The molecule has 5 heteroatoms. The van der Waals surface area contributed by atoms with Gasteiger partial charge in [0.15, 0.2) is 0 Å². The molecule has 0 radical (unpaired) electrons. The van der Waals surface area contributed by atoms with Crippen molar-refractivity contribution in [1.29, 1.82) is 0 Å². The minimum Gasteiger partial charge on any atom is -0.366 e. The van der Waals surface area contributed by atoms with Gasteiger partial charge in [-0.15, -0.1) is 0 Å². The van der Waals surface area contributed by atoms with Crippen molar-refractivity contribution in [2.75, 3.05) is 24.3 Å². The average Bonchev–Trinajstić information content (AvgIpc) is 2.45. The van der Waals surface area contributed by atoms with Crippen LogP contribution in [0.15, 0.2) is 36.5 Å². The van der Waals surface area contributed by atoms with E-state index in [2.05, 4.69) is 21.4 Å². The van der Waals surface area contributed by atoms with Crippen LogP contribution in [-0.2, 0) is 13.1 Å². The molecule has 100 valence electrons. The van der Waals surface area contributed by atoms with Gasteiger partial charge in [-0.2, -0.15) is 4.98 Å². The fourth-order valence-corrected chi connectivity index (χ4v) is 1.78. The van der Waals surface area contributed by atoms with Crippen LogP contribution in [0.4, 0.5) is 11.8 Å². The highest BCUT2D eigenvalue weighted by atomic mass is 15.2. The predicted octanol–water partition coefficient (Wildman–Crippen LogP) is 1.61. The molecule has 3 N–H and O–H groups in total. The summed E-state index contributed by atoms with van der Waals surface area (Å²) in [6, 6.07) is 9.99. The first-order valence-electron chi connectivity index (χ1n) is 6.22. The molecule has 0 amide bonds.